The molecular formula is C14H18N2S2. The molecule has 2 nitrogen and oxygen atoms in total. The van der Waals surface area contributed by atoms with Gasteiger partial charge in [-0.25, -0.2) is 4.98 Å². The molecule has 0 unspecified atom stereocenters. The normalized spacial score (nSPS) is 10.8. The summed E-state index contributed by atoms with van der Waals surface area (Å²) >= 11 is 3.47. The fourth-order valence-corrected chi connectivity index (χ4v) is 3.58. The first kappa shape index (κ1) is 13.6. The molecule has 1 heterocycles. The number of thiazole rings is 1. The van der Waals surface area contributed by atoms with Crippen molar-refractivity contribution in [3.05, 3.63) is 40.4 Å². The lowest BCUT2D eigenvalue weighted by Crippen LogP contribution is -2.12. The van der Waals surface area contributed by atoms with Crippen LogP contribution in [0.3, 0.4) is 0 Å². The van der Waals surface area contributed by atoms with Crippen LogP contribution in [0.5, 0.6) is 0 Å². The minimum absolute atomic E-state index is 0.921. The molecule has 0 fully saturated rings. The topological polar surface area (TPSA) is 24.9 Å². The number of hydrogen-bond acceptors (Lipinski definition) is 4. The van der Waals surface area contributed by atoms with E-state index in [2.05, 4.69) is 47.7 Å². The average Bonchev–Trinajstić information content (AvgIpc) is 2.75. The highest BCUT2D eigenvalue weighted by Crippen LogP contribution is 2.33. The number of nitrogens with one attached hydrogen (secondary N) is 1. The smallest absolute Gasteiger partial charge is 0.154 e. The maximum Gasteiger partial charge on any atom is 0.154 e. The number of nitrogens with zero attached hydrogens (tertiary/aromatic N) is 1. The van der Waals surface area contributed by atoms with E-state index >= 15 is 0 Å². The quantitative estimate of drug-likeness (QED) is 0.894. The molecule has 0 radical (unpaired) electrons. The van der Waals surface area contributed by atoms with Gasteiger partial charge in [0.15, 0.2) is 4.34 Å². The number of aryl methyl sites for hydroxylation is 2. The number of aromatic nitrogens is 1. The zero-order valence-electron chi connectivity index (χ0n) is 11.0. The van der Waals surface area contributed by atoms with Crippen molar-refractivity contribution >= 4 is 23.1 Å². The summed E-state index contributed by atoms with van der Waals surface area (Å²) in [6.07, 6.45) is 0. The predicted molar refractivity (Wildman–Crippen MR) is 79.5 cm³/mol. The summed E-state index contributed by atoms with van der Waals surface area (Å²) in [6, 6.07) is 6.62. The lowest BCUT2D eigenvalue weighted by Gasteiger charge is -2.09. The minimum atomic E-state index is 0.921. The van der Waals surface area contributed by atoms with Gasteiger partial charge in [0.05, 0.1) is 0 Å². The second kappa shape index (κ2) is 6.36. The number of benzene rings is 1. The van der Waals surface area contributed by atoms with E-state index in [4.69, 9.17) is 0 Å². The summed E-state index contributed by atoms with van der Waals surface area (Å²) in [5.74, 6) is 0. The second-order valence-corrected chi connectivity index (χ2v) is 6.40. The van der Waals surface area contributed by atoms with E-state index in [-0.39, 0.29) is 0 Å². The largest absolute Gasteiger partial charge is 0.313 e. The molecule has 4 heteroatoms. The second-order valence-electron chi connectivity index (χ2n) is 4.25. The third kappa shape index (κ3) is 3.57. The van der Waals surface area contributed by atoms with Gasteiger partial charge < -0.3 is 5.32 Å². The molecule has 0 aliphatic heterocycles. The van der Waals surface area contributed by atoms with Crippen LogP contribution in [-0.2, 0) is 6.54 Å². The molecule has 1 N–H and O–H groups in total. The van der Waals surface area contributed by atoms with Crippen LogP contribution >= 0.6 is 23.1 Å². The third-order valence-electron chi connectivity index (χ3n) is 2.58. The van der Waals surface area contributed by atoms with Gasteiger partial charge in [-0.15, -0.1) is 11.3 Å². The summed E-state index contributed by atoms with van der Waals surface area (Å²) in [6.45, 7) is 8.22. The molecule has 0 aliphatic carbocycles. The Balaban J connectivity index is 2.20. The maximum absolute atomic E-state index is 4.51. The van der Waals surface area contributed by atoms with Crippen molar-refractivity contribution in [3.8, 4) is 0 Å². The molecule has 2 aromatic rings. The van der Waals surface area contributed by atoms with E-state index in [1.165, 1.54) is 16.0 Å². The van der Waals surface area contributed by atoms with Gasteiger partial charge in [-0.2, -0.15) is 0 Å². The van der Waals surface area contributed by atoms with Crippen molar-refractivity contribution in [3.63, 3.8) is 0 Å². The summed E-state index contributed by atoms with van der Waals surface area (Å²) in [4.78, 5) is 5.81. The average molecular weight is 278 g/mol. The molecule has 0 spiro atoms. The summed E-state index contributed by atoms with van der Waals surface area (Å²) in [5, 5.41) is 5.49. The van der Waals surface area contributed by atoms with Gasteiger partial charge in [0.1, 0.15) is 0 Å². The van der Waals surface area contributed by atoms with Gasteiger partial charge in [-0.05, 0) is 32.0 Å². The zero-order valence-corrected chi connectivity index (χ0v) is 12.6. The Morgan fingerprint density at radius 3 is 2.83 bits per heavy atom. The lowest BCUT2D eigenvalue weighted by molar-refractivity contribution is 0.717. The van der Waals surface area contributed by atoms with Crippen LogP contribution in [0.1, 0.15) is 23.7 Å². The van der Waals surface area contributed by atoms with Crippen molar-refractivity contribution in [2.75, 3.05) is 6.54 Å². The molecular weight excluding hydrogens is 260 g/mol. The Bertz CT molecular complexity index is 520. The van der Waals surface area contributed by atoms with E-state index in [1.54, 1.807) is 23.1 Å². The predicted octanol–water partition coefficient (Wildman–Crippen LogP) is 4.02. The first-order valence-electron chi connectivity index (χ1n) is 6.09. The molecule has 2 rings (SSSR count). The zero-order chi connectivity index (χ0) is 13.0. The Morgan fingerprint density at radius 1 is 1.33 bits per heavy atom. The van der Waals surface area contributed by atoms with Gasteiger partial charge in [-0.1, -0.05) is 36.4 Å². The van der Waals surface area contributed by atoms with Gasteiger partial charge in [0, 0.05) is 22.5 Å². The lowest BCUT2D eigenvalue weighted by atomic mass is 10.1. The fraction of sp³-hybridized carbons (Fsp3) is 0.357. The molecule has 96 valence electrons. The highest BCUT2D eigenvalue weighted by molar-refractivity contribution is 8.01. The molecule has 0 bridgehead atoms. The SMILES string of the molecule is CCNCc1cc(C)ccc1Sc1nc(C)cs1. The van der Waals surface area contributed by atoms with Gasteiger partial charge in [0.25, 0.3) is 0 Å². The van der Waals surface area contributed by atoms with Gasteiger partial charge >= 0.3 is 0 Å². The van der Waals surface area contributed by atoms with Crippen molar-refractivity contribution < 1.29 is 0 Å². The van der Waals surface area contributed by atoms with E-state index in [0.717, 1.165) is 23.1 Å². The molecule has 0 amide bonds. The first-order chi connectivity index (χ1) is 8.69. The molecule has 0 saturated heterocycles. The third-order valence-corrected chi connectivity index (χ3v) is 4.75. The van der Waals surface area contributed by atoms with E-state index in [9.17, 15) is 0 Å². The van der Waals surface area contributed by atoms with Crippen molar-refractivity contribution in [2.24, 2.45) is 0 Å². The highest BCUT2D eigenvalue weighted by atomic mass is 32.2. The monoisotopic (exact) mass is 278 g/mol. The molecule has 1 aromatic heterocycles. The molecule has 1 aromatic carbocycles. The van der Waals surface area contributed by atoms with Crippen molar-refractivity contribution in [2.45, 2.75) is 36.6 Å². The Labute approximate surface area is 117 Å². The van der Waals surface area contributed by atoms with Gasteiger partial charge in [0.2, 0.25) is 0 Å². The van der Waals surface area contributed by atoms with Crippen LogP contribution in [0.25, 0.3) is 0 Å². The number of hydrogen-bond donors (Lipinski definition) is 1. The highest BCUT2D eigenvalue weighted by Gasteiger charge is 2.07. The summed E-state index contributed by atoms with van der Waals surface area (Å²) < 4.78 is 1.12. The van der Waals surface area contributed by atoms with Gasteiger partial charge in [-0.3, -0.25) is 0 Å². The molecule has 0 atom stereocenters. The Morgan fingerprint density at radius 2 is 2.17 bits per heavy atom. The van der Waals surface area contributed by atoms with Crippen LogP contribution in [0.2, 0.25) is 0 Å². The molecule has 0 aliphatic rings. The summed E-state index contributed by atoms with van der Waals surface area (Å²) in [7, 11) is 0. The minimum Gasteiger partial charge on any atom is -0.313 e. The Hall–Kier alpha value is -0.840. The fourth-order valence-electron chi connectivity index (χ4n) is 1.68. The number of rotatable bonds is 5. The Kier molecular flexibility index (Phi) is 4.80. The van der Waals surface area contributed by atoms with Crippen LogP contribution in [0.4, 0.5) is 0 Å². The van der Waals surface area contributed by atoms with Crippen LogP contribution in [-0.4, -0.2) is 11.5 Å². The van der Waals surface area contributed by atoms with Crippen molar-refractivity contribution in [1.29, 1.82) is 0 Å². The molecule has 0 saturated carbocycles. The standard InChI is InChI=1S/C14H18N2S2/c1-4-15-8-12-7-10(2)5-6-13(12)18-14-16-11(3)9-17-14/h5-7,9,15H,4,8H2,1-3H3. The molecule has 18 heavy (non-hydrogen) atoms. The summed E-state index contributed by atoms with van der Waals surface area (Å²) in [5.41, 5.74) is 3.76. The first-order valence-corrected chi connectivity index (χ1v) is 7.79. The van der Waals surface area contributed by atoms with E-state index < -0.39 is 0 Å². The van der Waals surface area contributed by atoms with E-state index in [0.29, 0.717) is 0 Å². The van der Waals surface area contributed by atoms with Crippen molar-refractivity contribution in [1.82, 2.24) is 10.3 Å². The van der Waals surface area contributed by atoms with Crippen LogP contribution < -0.4 is 5.32 Å². The van der Waals surface area contributed by atoms with E-state index in [1.807, 2.05) is 6.92 Å². The maximum atomic E-state index is 4.51. The van der Waals surface area contributed by atoms with Crippen LogP contribution in [0.15, 0.2) is 32.8 Å². The van der Waals surface area contributed by atoms with Crippen LogP contribution in [0, 0.1) is 13.8 Å².